The number of hydrogen-bond acceptors (Lipinski definition) is 1. The van der Waals surface area contributed by atoms with Crippen LogP contribution in [-0.2, 0) is 6.54 Å². The number of carbonyl (C=O) groups is 1. The summed E-state index contributed by atoms with van der Waals surface area (Å²) >= 11 is 0. The van der Waals surface area contributed by atoms with Crippen LogP contribution in [0.1, 0.15) is 38.7 Å². The molecule has 0 aliphatic carbocycles. The Labute approximate surface area is 122 Å². The van der Waals surface area contributed by atoms with Gasteiger partial charge in [0, 0.05) is 30.3 Å². The Hall–Kier alpha value is -1.72. The van der Waals surface area contributed by atoms with E-state index >= 15 is 0 Å². The van der Waals surface area contributed by atoms with Crippen LogP contribution in [0.25, 0.3) is 0 Å². The van der Waals surface area contributed by atoms with Gasteiger partial charge in [-0.25, -0.2) is 18.0 Å². The lowest BCUT2D eigenvalue weighted by Gasteiger charge is -2.42. The average Bonchev–Trinajstić information content (AvgIpc) is 2.40. The van der Waals surface area contributed by atoms with E-state index in [-0.39, 0.29) is 23.7 Å². The molecule has 1 N–H and O–H groups in total. The van der Waals surface area contributed by atoms with Crippen molar-refractivity contribution in [3.8, 4) is 0 Å². The summed E-state index contributed by atoms with van der Waals surface area (Å²) in [5, 5.41) is 2.53. The molecule has 1 fully saturated rings. The maximum Gasteiger partial charge on any atom is 0.318 e. The van der Waals surface area contributed by atoms with Crippen molar-refractivity contribution < 1.29 is 18.0 Å². The predicted octanol–water partition coefficient (Wildman–Crippen LogP) is 3.58. The first-order valence-corrected chi connectivity index (χ1v) is 7.00. The molecule has 1 aliphatic rings. The van der Waals surface area contributed by atoms with E-state index < -0.39 is 17.5 Å². The number of urea groups is 1. The van der Waals surface area contributed by atoms with Gasteiger partial charge in [-0.3, -0.25) is 0 Å². The van der Waals surface area contributed by atoms with Gasteiger partial charge in [0.1, 0.15) is 5.82 Å². The fourth-order valence-electron chi connectivity index (χ4n) is 2.65. The number of carbonyl (C=O) groups excluding carboxylic acids is 1. The fraction of sp³-hybridized carbons (Fsp3) is 0.533. The lowest BCUT2D eigenvalue weighted by atomic mass is 9.91. The van der Waals surface area contributed by atoms with Crippen LogP contribution in [-0.4, -0.2) is 23.0 Å². The number of nitrogens with zero attached hydrogens (tertiary/aromatic N) is 1. The fourth-order valence-corrected chi connectivity index (χ4v) is 2.65. The average molecular weight is 300 g/mol. The molecular weight excluding hydrogens is 281 g/mol. The normalized spacial score (nSPS) is 17.7. The Balaban J connectivity index is 2.04. The van der Waals surface area contributed by atoms with Crippen LogP contribution in [0, 0.1) is 17.5 Å². The largest absolute Gasteiger partial charge is 0.334 e. The number of nitrogens with one attached hydrogen (secondary N) is 1. The zero-order valence-corrected chi connectivity index (χ0v) is 12.2. The van der Waals surface area contributed by atoms with Crippen LogP contribution < -0.4 is 5.32 Å². The number of amides is 2. The minimum absolute atomic E-state index is 0.198. The van der Waals surface area contributed by atoms with Crippen LogP contribution in [0.3, 0.4) is 0 Å². The van der Waals surface area contributed by atoms with Gasteiger partial charge in [0.2, 0.25) is 0 Å². The SMILES string of the molecule is CC1(C)CCCCN1C(=O)NCc1cc(F)cc(F)c1F. The van der Waals surface area contributed by atoms with Gasteiger partial charge >= 0.3 is 6.03 Å². The Bertz CT molecular complexity index is 546. The number of benzene rings is 1. The molecule has 0 spiro atoms. The summed E-state index contributed by atoms with van der Waals surface area (Å²) in [5.74, 6) is -3.25. The molecule has 1 saturated heterocycles. The lowest BCUT2D eigenvalue weighted by molar-refractivity contribution is 0.102. The van der Waals surface area contributed by atoms with Crippen LogP contribution in [0.4, 0.5) is 18.0 Å². The second-order valence-corrected chi connectivity index (χ2v) is 5.94. The minimum Gasteiger partial charge on any atom is -0.334 e. The monoisotopic (exact) mass is 300 g/mol. The van der Waals surface area contributed by atoms with Gasteiger partial charge in [0.25, 0.3) is 0 Å². The van der Waals surface area contributed by atoms with Crippen molar-refractivity contribution in [1.82, 2.24) is 10.2 Å². The summed E-state index contributed by atoms with van der Waals surface area (Å²) in [4.78, 5) is 13.9. The highest BCUT2D eigenvalue weighted by molar-refractivity contribution is 5.75. The summed E-state index contributed by atoms with van der Waals surface area (Å²) < 4.78 is 39.7. The predicted molar refractivity (Wildman–Crippen MR) is 73.2 cm³/mol. The summed E-state index contributed by atoms with van der Waals surface area (Å²) in [6, 6.07) is 1.03. The van der Waals surface area contributed by atoms with Gasteiger partial charge in [-0.2, -0.15) is 0 Å². The Kier molecular flexibility index (Phi) is 4.44. The lowest BCUT2D eigenvalue weighted by Crippen LogP contribution is -2.54. The van der Waals surface area contributed by atoms with Crippen LogP contribution in [0.5, 0.6) is 0 Å². The summed E-state index contributed by atoms with van der Waals surface area (Å²) in [6.45, 7) is 4.31. The van der Waals surface area contributed by atoms with Crippen LogP contribution >= 0.6 is 0 Å². The van der Waals surface area contributed by atoms with Gasteiger partial charge in [0.05, 0.1) is 0 Å². The standard InChI is InChI=1S/C15H19F3N2O/c1-15(2)5-3-4-6-20(15)14(21)19-9-10-7-11(16)8-12(17)13(10)18/h7-8H,3-6,9H2,1-2H3,(H,19,21). The van der Waals surface area contributed by atoms with Crippen molar-refractivity contribution >= 4 is 6.03 Å². The van der Waals surface area contributed by atoms with E-state index in [1.165, 1.54) is 0 Å². The van der Waals surface area contributed by atoms with E-state index in [4.69, 9.17) is 0 Å². The van der Waals surface area contributed by atoms with Gasteiger partial charge in [-0.15, -0.1) is 0 Å². The number of hydrogen-bond donors (Lipinski definition) is 1. The van der Waals surface area contributed by atoms with Gasteiger partial charge < -0.3 is 10.2 Å². The third-order valence-corrected chi connectivity index (χ3v) is 3.89. The summed E-state index contributed by atoms with van der Waals surface area (Å²) in [5.41, 5.74) is -0.468. The zero-order chi connectivity index (χ0) is 15.6. The molecule has 0 unspecified atom stereocenters. The molecule has 1 aromatic rings. The zero-order valence-electron chi connectivity index (χ0n) is 12.2. The van der Waals surface area contributed by atoms with E-state index in [9.17, 15) is 18.0 Å². The Morgan fingerprint density at radius 2 is 2.00 bits per heavy atom. The van der Waals surface area contributed by atoms with Crippen LogP contribution in [0.15, 0.2) is 12.1 Å². The quantitative estimate of drug-likeness (QED) is 0.832. The second kappa shape index (κ2) is 5.95. The first-order valence-electron chi connectivity index (χ1n) is 7.00. The third-order valence-electron chi connectivity index (χ3n) is 3.89. The van der Waals surface area contributed by atoms with E-state index in [1.807, 2.05) is 13.8 Å². The molecule has 21 heavy (non-hydrogen) atoms. The molecule has 0 saturated carbocycles. The molecule has 0 aromatic heterocycles. The number of halogens is 3. The first-order chi connectivity index (χ1) is 9.81. The van der Waals surface area contributed by atoms with Crippen LogP contribution in [0.2, 0.25) is 0 Å². The van der Waals surface area contributed by atoms with E-state index in [0.29, 0.717) is 12.6 Å². The Morgan fingerprint density at radius 3 is 2.67 bits per heavy atom. The summed E-state index contributed by atoms with van der Waals surface area (Å²) in [7, 11) is 0. The van der Waals surface area contributed by atoms with E-state index in [1.54, 1.807) is 4.90 Å². The molecule has 116 valence electrons. The second-order valence-electron chi connectivity index (χ2n) is 5.94. The molecule has 6 heteroatoms. The molecule has 0 atom stereocenters. The van der Waals surface area contributed by atoms with Crippen molar-refractivity contribution in [2.24, 2.45) is 0 Å². The molecule has 2 amide bonds. The molecule has 1 heterocycles. The highest BCUT2D eigenvalue weighted by Crippen LogP contribution is 2.27. The summed E-state index contributed by atoms with van der Waals surface area (Å²) in [6.07, 6.45) is 2.86. The third kappa shape index (κ3) is 3.49. The molecule has 0 bridgehead atoms. The van der Waals surface area contributed by atoms with Crippen molar-refractivity contribution in [2.45, 2.75) is 45.2 Å². The molecule has 3 nitrogen and oxygen atoms in total. The number of piperidine rings is 1. The van der Waals surface area contributed by atoms with Gasteiger partial charge in [-0.1, -0.05) is 0 Å². The molecule has 1 aromatic carbocycles. The van der Waals surface area contributed by atoms with Crippen molar-refractivity contribution in [1.29, 1.82) is 0 Å². The maximum absolute atomic E-state index is 13.5. The molecular formula is C15H19F3N2O. The first kappa shape index (κ1) is 15.7. The topological polar surface area (TPSA) is 32.3 Å². The van der Waals surface area contributed by atoms with Gasteiger partial charge in [-0.05, 0) is 39.2 Å². The van der Waals surface area contributed by atoms with E-state index in [2.05, 4.69) is 5.32 Å². The highest BCUT2D eigenvalue weighted by Gasteiger charge is 2.33. The van der Waals surface area contributed by atoms with Crippen molar-refractivity contribution in [3.63, 3.8) is 0 Å². The number of rotatable bonds is 2. The van der Waals surface area contributed by atoms with Gasteiger partial charge in [0.15, 0.2) is 11.6 Å². The molecule has 2 rings (SSSR count). The number of likely N-dealkylation sites (tertiary alicyclic amines) is 1. The van der Waals surface area contributed by atoms with Crippen molar-refractivity contribution in [3.05, 3.63) is 35.1 Å². The smallest absolute Gasteiger partial charge is 0.318 e. The van der Waals surface area contributed by atoms with Crippen molar-refractivity contribution in [2.75, 3.05) is 6.54 Å². The maximum atomic E-state index is 13.5. The minimum atomic E-state index is -1.25. The molecule has 1 aliphatic heterocycles. The molecule has 0 radical (unpaired) electrons. The Morgan fingerprint density at radius 1 is 1.29 bits per heavy atom. The van der Waals surface area contributed by atoms with E-state index in [0.717, 1.165) is 25.3 Å². The highest BCUT2D eigenvalue weighted by atomic mass is 19.2.